The van der Waals surface area contributed by atoms with Crippen molar-refractivity contribution in [3.8, 4) is 5.69 Å². The average molecular weight is 623 g/mol. The van der Waals surface area contributed by atoms with Crippen molar-refractivity contribution in [2.24, 2.45) is 0 Å². The fraction of sp³-hybridized carbons (Fsp3) is 0.378. The van der Waals surface area contributed by atoms with Crippen LogP contribution >= 0.6 is 11.8 Å². The number of likely N-dealkylation sites (tertiary alicyclic amines) is 1. The van der Waals surface area contributed by atoms with E-state index in [0.717, 1.165) is 74.3 Å². The van der Waals surface area contributed by atoms with Crippen LogP contribution in [0.1, 0.15) is 63.4 Å². The highest BCUT2D eigenvalue weighted by Crippen LogP contribution is 2.35. The highest BCUT2D eigenvalue weighted by Gasteiger charge is 2.44. The zero-order valence-electron chi connectivity index (χ0n) is 25.5. The van der Waals surface area contributed by atoms with Gasteiger partial charge in [0.1, 0.15) is 5.82 Å². The Kier molecular flexibility index (Phi) is 8.74. The smallest absolute Gasteiger partial charge is 0.266 e. The van der Waals surface area contributed by atoms with Gasteiger partial charge in [0.25, 0.3) is 5.56 Å². The van der Waals surface area contributed by atoms with Crippen LogP contribution in [0.15, 0.2) is 88.8 Å². The standard InChI is InChI=1S/C37H39FN4O2S/c38-28-17-19-29(20-18-28)40-24-32-23-31(40)25-41(32)35(43)16-5-2-8-21-45-37-39-34-15-7-6-14-33(34)36(44)42(37)30-13-9-12-27(22-30)26-10-3-1-4-11-26/h6-7,9-10,12-15,17-20,22,31-32H,1-5,8,11,16,21,23-25H2. The molecule has 2 saturated heterocycles. The van der Waals surface area contributed by atoms with Gasteiger partial charge in [-0.05, 0) is 105 Å². The SMILES string of the molecule is O=C(CCCCCSc1nc2ccccc2c(=O)n1-c1cccc(C2=CCCCC2)c1)N1CC2CC1CN2c1ccc(F)cc1. The second-order valence-electron chi connectivity index (χ2n) is 12.5. The minimum absolute atomic E-state index is 0.0404. The topological polar surface area (TPSA) is 58.4 Å². The maximum Gasteiger partial charge on any atom is 0.266 e. The van der Waals surface area contributed by atoms with Crippen LogP contribution < -0.4 is 10.5 Å². The first-order valence-corrected chi connectivity index (χ1v) is 17.3. The van der Waals surface area contributed by atoms with Crippen molar-refractivity contribution in [1.29, 1.82) is 0 Å². The van der Waals surface area contributed by atoms with Crippen molar-refractivity contribution in [1.82, 2.24) is 14.5 Å². The molecular formula is C37H39FN4O2S. The highest BCUT2D eigenvalue weighted by atomic mass is 32.2. The molecule has 4 aromatic rings. The number of fused-ring (bicyclic) bond motifs is 3. The van der Waals surface area contributed by atoms with Gasteiger partial charge in [-0.3, -0.25) is 14.2 Å². The second kappa shape index (κ2) is 13.2. The van der Waals surface area contributed by atoms with E-state index in [1.807, 2.05) is 48.5 Å². The van der Waals surface area contributed by atoms with Crippen LogP contribution in [0.3, 0.4) is 0 Å². The molecule has 0 radical (unpaired) electrons. The maximum atomic E-state index is 13.8. The molecule has 45 heavy (non-hydrogen) atoms. The number of nitrogens with zero attached hydrogens (tertiary/aromatic N) is 4. The van der Waals surface area contributed by atoms with Crippen molar-refractivity contribution < 1.29 is 9.18 Å². The van der Waals surface area contributed by atoms with Gasteiger partial charge in [0, 0.05) is 37.0 Å². The summed E-state index contributed by atoms with van der Waals surface area (Å²) in [5.41, 5.74) is 5.11. The molecule has 2 unspecified atom stereocenters. The Balaban J connectivity index is 0.958. The first-order chi connectivity index (χ1) is 22.0. The summed E-state index contributed by atoms with van der Waals surface area (Å²) in [6, 6.07) is 23.1. The number of aromatic nitrogens is 2. The summed E-state index contributed by atoms with van der Waals surface area (Å²) in [6.07, 6.45) is 11.3. The molecule has 3 aliphatic rings. The molecule has 2 fully saturated rings. The van der Waals surface area contributed by atoms with Gasteiger partial charge in [0.05, 0.1) is 22.6 Å². The first kappa shape index (κ1) is 29.8. The van der Waals surface area contributed by atoms with Crippen molar-refractivity contribution in [3.05, 3.63) is 101 Å². The van der Waals surface area contributed by atoms with E-state index in [4.69, 9.17) is 4.98 Å². The minimum Gasteiger partial charge on any atom is -0.365 e. The molecular weight excluding hydrogens is 583 g/mol. The van der Waals surface area contributed by atoms with Crippen LogP contribution in [0, 0.1) is 5.82 Å². The third-order valence-electron chi connectivity index (χ3n) is 9.50. The van der Waals surface area contributed by atoms with E-state index < -0.39 is 0 Å². The number of thioether (sulfide) groups is 1. The Morgan fingerprint density at radius 3 is 2.58 bits per heavy atom. The molecule has 1 aliphatic carbocycles. The molecule has 8 heteroatoms. The molecule has 2 bridgehead atoms. The van der Waals surface area contributed by atoms with Crippen LogP contribution in [0.5, 0.6) is 0 Å². The molecule has 3 aromatic carbocycles. The number of hydrogen-bond acceptors (Lipinski definition) is 5. The summed E-state index contributed by atoms with van der Waals surface area (Å²) in [5, 5.41) is 1.34. The number of hydrogen-bond donors (Lipinski definition) is 0. The molecule has 0 saturated carbocycles. The molecule has 1 aromatic heterocycles. The van der Waals surface area contributed by atoms with E-state index in [1.54, 1.807) is 16.3 Å². The van der Waals surface area contributed by atoms with Gasteiger partial charge in [-0.1, -0.05) is 48.5 Å². The molecule has 0 N–H and O–H groups in total. The number of amides is 1. The molecule has 7 rings (SSSR count). The largest absolute Gasteiger partial charge is 0.365 e. The summed E-state index contributed by atoms with van der Waals surface area (Å²) >= 11 is 1.62. The Labute approximate surface area is 268 Å². The Hall–Kier alpha value is -3.91. The lowest BCUT2D eigenvalue weighted by Crippen LogP contribution is -2.48. The van der Waals surface area contributed by atoms with E-state index in [1.165, 1.54) is 36.1 Å². The van der Waals surface area contributed by atoms with Crippen LogP contribution in [0.4, 0.5) is 10.1 Å². The summed E-state index contributed by atoms with van der Waals surface area (Å²) in [7, 11) is 0. The van der Waals surface area contributed by atoms with E-state index in [2.05, 4.69) is 28.0 Å². The Morgan fingerprint density at radius 2 is 1.78 bits per heavy atom. The maximum absolute atomic E-state index is 13.8. The molecule has 6 nitrogen and oxygen atoms in total. The van der Waals surface area contributed by atoms with Gasteiger partial charge >= 0.3 is 0 Å². The lowest BCUT2D eigenvalue weighted by molar-refractivity contribution is -0.132. The number of para-hydroxylation sites is 1. The minimum atomic E-state index is -0.223. The van der Waals surface area contributed by atoms with Gasteiger partial charge < -0.3 is 9.80 Å². The number of unbranched alkanes of at least 4 members (excludes halogenated alkanes) is 2. The van der Waals surface area contributed by atoms with Crippen LogP contribution in [-0.4, -0.2) is 51.3 Å². The van der Waals surface area contributed by atoms with E-state index >= 15 is 0 Å². The van der Waals surface area contributed by atoms with Gasteiger partial charge in [-0.2, -0.15) is 0 Å². The quantitative estimate of drug-likeness (QED) is 0.103. The number of allylic oxidation sites excluding steroid dienone is 2. The van der Waals surface area contributed by atoms with Gasteiger partial charge in [0.15, 0.2) is 5.16 Å². The van der Waals surface area contributed by atoms with Crippen LogP contribution in [0.2, 0.25) is 0 Å². The van der Waals surface area contributed by atoms with E-state index in [-0.39, 0.29) is 23.3 Å². The Morgan fingerprint density at radius 1 is 0.911 bits per heavy atom. The fourth-order valence-electron chi connectivity index (χ4n) is 7.17. The number of anilines is 1. The molecule has 232 valence electrons. The third kappa shape index (κ3) is 6.30. The normalized spacial score (nSPS) is 19.4. The molecule has 3 heterocycles. The van der Waals surface area contributed by atoms with Crippen LogP contribution in [-0.2, 0) is 4.79 Å². The monoisotopic (exact) mass is 622 g/mol. The van der Waals surface area contributed by atoms with Crippen LogP contribution in [0.25, 0.3) is 22.2 Å². The van der Waals surface area contributed by atoms with Crippen molar-refractivity contribution in [2.45, 2.75) is 75.0 Å². The summed E-state index contributed by atoms with van der Waals surface area (Å²) in [5.74, 6) is 0.844. The number of piperazine rings is 1. The summed E-state index contributed by atoms with van der Waals surface area (Å²) in [4.78, 5) is 36.2. The highest BCUT2D eigenvalue weighted by molar-refractivity contribution is 7.99. The summed E-state index contributed by atoms with van der Waals surface area (Å²) in [6.45, 7) is 1.57. The third-order valence-corrected chi connectivity index (χ3v) is 10.5. The van der Waals surface area contributed by atoms with Gasteiger partial charge in [0.2, 0.25) is 5.91 Å². The molecule has 0 spiro atoms. The molecule has 1 amide bonds. The second-order valence-corrected chi connectivity index (χ2v) is 13.5. The van der Waals surface area contributed by atoms with Gasteiger partial charge in [-0.25, -0.2) is 9.37 Å². The number of rotatable bonds is 10. The van der Waals surface area contributed by atoms with Crippen molar-refractivity contribution >= 4 is 39.8 Å². The zero-order valence-corrected chi connectivity index (χ0v) is 26.4. The number of carbonyl (C=O) groups excluding carboxylic acids is 1. The average Bonchev–Trinajstić information content (AvgIpc) is 3.69. The van der Waals surface area contributed by atoms with Gasteiger partial charge in [-0.15, -0.1) is 0 Å². The van der Waals surface area contributed by atoms with E-state index in [0.29, 0.717) is 23.0 Å². The number of benzene rings is 3. The zero-order chi connectivity index (χ0) is 30.8. The fourth-order valence-corrected chi connectivity index (χ4v) is 8.18. The predicted molar refractivity (Wildman–Crippen MR) is 181 cm³/mol. The lowest BCUT2D eigenvalue weighted by atomic mass is 9.93. The molecule has 2 aliphatic heterocycles. The van der Waals surface area contributed by atoms with Crippen molar-refractivity contribution in [2.75, 3.05) is 23.7 Å². The predicted octanol–water partition coefficient (Wildman–Crippen LogP) is 7.62. The van der Waals surface area contributed by atoms with E-state index in [9.17, 15) is 14.0 Å². The Bertz CT molecular complexity index is 1790. The first-order valence-electron chi connectivity index (χ1n) is 16.3. The number of halogens is 1. The molecule has 2 atom stereocenters. The van der Waals surface area contributed by atoms with Crippen molar-refractivity contribution in [3.63, 3.8) is 0 Å². The number of carbonyl (C=O) groups is 1. The lowest BCUT2D eigenvalue weighted by Gasteiger charge is -2.35. The summed E-state index contributed by atoms with van der Waals surface area (Å²) < 4.78 is 15.1.